The van der Waals surface area contributed by atoms with E-state index in [1.54, 1.807) is 61.5 Å². The zero-order valence-corrected chi connectivity index (χ0v) is 19.2. The number of carboxylic acid groups (broad SMARTS) is 1. The van der Waals surface area contributed by atoms with Crippen LogP contribution in [0.15, 0.2) is 12.2 Å². The largest absolute Gasteiger partial charge is 0.480 e. The summed E-state index contributed by atoms with van der Waals surface area (Å²) < 4.78 is 21.3. The van der Waals surface area contributed by atoms with E-state index in [4.69, 9.17) is 4.74 Å². The Morgan fingerprint density at radius 1 is 1.17 bits per heavy atom. The fraction of sp³-hybridized carbons (Fsp3) is 0.773. The van der Waals surface area contributed by atoms with Crippen LogP contribution in [0.1, 0.15) is 55.4 Å². The Hall–Kier alpha value is -2.12. The van der Waals surface area contributed by atoms with Gasteiger partial charge in [-0.25, -0.2) is 14.0 Å². The van der Waals surface area contributed by atoms with Gasteiger partial charge in [-0.1, -0.05) is 46.8 Å². The number of carbonyl (C=O) groups is 3. The Balaban J connectivity index is 2.39. The Morgan fingerprint density at radius 3 is 2.20 bits per heavy atom. The lowest BCUT2D eigenvalue weighted by Gasteiger charge is -2.38. The summed E-state index contributed by atoms with van der Waals surface area (Å²) in [6.07, 6.45) is 2.78. The minimum Gasteiger partial charge on any atom is -0.480 e. The Labute approximate surface area is 178 Å². The fourth-order valence-electron chi connectivity index (χ4n) is 4.46. The van der Waals surface area contributed by atoms with Crippen LogP contribution in [-0.2, 0) is 14.3 Å². The smallest absolute Gasteiger partial charge is 0.408 e. The maximum atomic E-state index is 16.0. The molecule has 0 saturated carbocycles. The first-order valence-electron chi connectivity index (χ1n) is 10.4. The van der Waals surface area contributed by atoms with Crippen molar-refractivity contribution < 1.29 is 28.6 Å². The molecule has 2 N–H and O–H groups in total. The van der Waals surface area contributed by atoms with Crippen LogP contribution in [-0.4, -0.2) is 57.9 Å². The molecule has 2 aliphatic rings. The average molecular weight is 427 g/mol. The van der Waals surface area contributed by atoms with Crippen LogP contribution in [0.2, 0.25) is 0 Å². The van der Waals surface area contributed by atoms with E-state index in [2.05, 4.69) is 5.32 Å². The number of amides is 2. The van der Waals surface area contributed by atoms with Crippen molar-refractivity contribution in [1.29, 1.82) is 0 Å². The molecule has 1 fully saturated rings. The van der Waals surface area contributed by atoms with Gasteiger partial charge in [0.15, 0.2) is 0 Å². The van der Waals surface area contributed by atoms with E-state index in [1.807, 2.05) is 6.08 Å². The zero-order valence-electron chi connectivity index (χ0n) is 19.2. The number of alkyl carbamates (subject to hydrolysis) is 1. The van der Waals surface area contributed by atoms with Crippen molar-refractivity contribution in [2.24, 2.45) is 23.2 Å². The van der Waals surface area contributed by atoms with E-state index in [0.717, 1.165) is 4.90 Å². The molecule has 0 unspecified atom stereocenters. The van der Waals surface area contributed by atoms with E-state index in [-0.39, 0.29) is 12.5 Å². The highest BCUT2D eigenvalue weighted by Gasteiger charge is 2.62. The zero-order chi connectivity index (χ0) is 23.2. The number of ether oxygens (including phenoxy) is 1. The predicted molar refractivity (Wildman–Crippen MR) is 111 cm³/mol. The number of nitrogens with zero attached hydrogens (tertiary/aromatic N) is 1. The van der Waals surface area contributed by atoms with Crippen LogP contribution in [0.4, 0.5) is 9.18 Å². The molecule has 30 heavy (non-hydrogen) atoms. The normalized spacial score (nSPS) is 32.4. The van der Waals surface area contributed by atoms with Crippen LogP contribution < -0.4 is 5.32 Å². The van der Waals surface area contributed by atoms with Gasteiger partial charge in [-0.2, -0.15) is 0 Å². The highest BCUT2D eigenvalue weighted by molar-refractivity contribution is 5.91. The molecule has 0 aromatic heterocycles. The second kappa shape index (κ2) is 7.85. The molecule has 1 aliphatic carbocycles. The monoisotopic (exact) mass is 426 g/mol. The van der Waals surface area contributed by atoms with Crippen molar-refractivity contribution in [2.75, 3.05) is 6.54 Å². The van der Waals surface area contributed by atoms with Gasteiger partial charge in [0.1, 0.15) is 23.4 Å². The molecule has 7 nitrogen and oxygen atoms in total. The molecular weight excluding hydrogens is 391 g/mol. The maximum absolute atomic E-state index is 16.0. The molecule has 170 valence electrons. The van der Waals surface area contributed by atoms with Gasteiger partial charge in [0, 0.05) is 11.8 Å². The summed E-state index contributed by atoms with van der Waals surface area (Å²) in [7, 11) is 0. The maximum Gasteiger partial charge on any atom is 0.408 e. The molecule has 0 bridgehead atoms. The molecule has 0 radical (unpaired) electrons. The first kappa shape index (κ1) is 24.2. The number of nitrogens with one attached hydrogen (secondary N) is 1. The minimum atomic E-state index is -1.85. The van der Waals surface area contributed by atoms with Gasteiger partial charge >= 0.3 is 12.1 Å². The molecule has 0 spiro atoms. The van der Waals surface area contributed by atoms with Crippen LogP contribution in [0.25, 0.3) is 0 Å². The summed E-state index contributed by atoms with van der Waals surface area (Å²) in [5.74, 6) is -3.58. The van der Waals surface area contributed by atoms with Crippen LogP contribution in [0.5, 0.6) is 0 Å². The van der Waals surface area contributed by atoms with Crippen molar-refractivity contribution in [1.82, 2.24) is 10.2 Å². The summed E-state index contributed by atoms with van der Waals surface area (Å²) >= 11 is 0. The lowest BCUT2D eigenvalue weighted by atomic mass is 9.69. The van der Waals surface area contributed by atoms with E-state index in [0.29, 0.717) is 0 Å². The third kappa shape index (κ3) is 4.62. The first-order chi connectivity index (χ1) is 13.5. The number of allylic oxidation sites excluding steroid dienone is 2. The Bertz CT molecular complexity index is 739. The molecule has 2 rings (SSSR count). The second-order valence-electron chi connectivity index (χ2n) is 10.7. The van der Waals surface area contributed by atoms with E-state index >= 15 is 4.39 Å². The van der Waals surface area contributed by atoms with Crippen molar-refractivity contribution in [2.45, 2.75) is 78.7 Å². The van der Waals surface area contributed by atoms with Crippen molar-refractivity contribution in [3.8, 4) is 0 Å². The van der Waals surface area contributed by atoms with Gasteiger partial charge in [0.25, 0.3) is 0 Å². The third-order valence-corrected chi connectivity index (χ3v) is 5.98. The van der Waals surface area contributed by atoms with Crippen molar-refractivity contribution in [3.05, 3.63) is 12.2 Å². The minimum absolute atomic E-state index is 0.327. The number of hydrogen-bond donors (Lipinski definition) is 2. The summed E-state index contributed by atoms with van der Waals surface area (Å²) in [5, 5.41) is 12.5. The van der Waals surface area contributed by atoms with Crippen LogP contribution in [0.3, 0.4) is 0 Å². The quantitative estimate of drug-likeness (QED) is 0.675. The first-order valence-corrected chi connectivity index (χ1v) is 10.4. The Kier molecular flexibility index (Phi) is 6.32. The number of rotatable bonds is 3. The third-order valence-electron chi connectivity index (χ3n) is 5.98. The van der Waals surface area contributed by atoms with Gasteiger partial charge in [-0.3, -0.25) is 4.79 Å². The number of aliphatic carboxylic acids is 1. The van der Waals surface area contributed by atoms with Crippen LogP contribution >= 0.6 is 0 Å². The standard InChI is InChI=1S/C22H35FN2O5/c1-12-9-10-13(2)22(23)11-25(15(14(12)22)18(27)28)17(26)16(20(3,4)5)24-19(29)30-21(6,7)8/h9-10,12-16H,11H2,1-8H3,(H,24,29)(H,27,28)/t12-,13+,14-,15+,16-,22+/m1/s1. The molecule has 0 aromatic rings. The lowest BCUT2D eigenvalue weighted by Crippen LogP contribution is -2.58. The van der Waals surface area contributed by atoms with Crippen LogP contribution in [0, 0.1) is 23.2 Å². The molecule has 1 heterocycles. The van der Waals surface area contributed by atoms with E-state index < -0.39 is 58.6 Å². The number of carboxylic acids is 1. The van der Waals surface area contributed by atoms with E-state index in [1.165, 1.54) is 0 Å². The van der Waals surface area contributed by atoms with Gasteiger partial charge in [0.2, 0.25) is 5.91 Å². The summed E-state index contributed by atoms with van der Waals surface area (Å²) in [6, 6.07) is -2.38. The number of likely N-dealkylation sites (tertiary alicyclic amines) is 1. The summed E-state index contributed by atoms with van der Waals surface area (Å²) in [4.78, 5) is 39.1. The molecule has 1 aliphatic heterocycles. The predicted octanol–water partition coefficient (Wildman–Crippen LogP) is 3.39. The highest BCUT2D eigenvalue weighted by Crippen LogP contribution is 2.49. The molecule has 0 aromatic carbocycles. The summed E-state index contributed by atoms with van der Waals surface area (Å²) in [6.45, 7) is 13.5. The number of carbonyl (C=O) groups excluding carboxylic acids is 2. The number of alkyl halides is 1. The second-order valence-corrected chi connectivity index (χ2v) is 10.7. The van der Waals surface area contributed by atoms with Gasteiger partial charge in [-0.05, 0) is 32.1 Å². The van der Waals surface area contributed by atoms with Gasteiger partial charge < -0.3 is 20.1 Å². The van der Waals surface area contributed by atoms with Crippen molar-refractivity contribution >= 4 is 18.0 Å². The molecule has 2 amide bonds. The van der Waals surface area contributed by atoms with Gasteiger partial charge in [-0.15, -0.1) is 0 Å². The number of fused-ring (bicyclic) bond motifs is 1. The highest BCUT2D eigenvalue weighted by atomic mass is 19.1. The lowest BCUT2D eigenvalue weighted by molar-refractivity contribution is -0.152. The Morgan fingerprint density at radius 2 is 1.73 bits per heavy atom. The molecule has 6 atom stereocenters. The molecule has 8 heteroatoms. The SMILES string of the molecule is C[C@@H]1C=C[C@H](C)[C@@]2(F)CN(C(=O)[C@@H](NC(=O)OC(C)(C)C)C(C)(C)C)[C@H](C(=O)O)[C@@H]12. The average Bonchev–Trinajstić information content (AvgIpc) is 2.89. The topological polar surface area (TPSA) is 95.9 Å². The van der Waals surface area contributed by atoms with Crippen molar-refractivity contribution in [3.63, 3.8) is 0 Å². The fourth-order valence-corrected chi connectivity index (χ4v) is 4.46. The number of hydrogen-bond acceptors (Lipinski definition) is 4. The van der Waals surface area contributed by atoms with Gasteiger partial charge in [0.05, 0.1) is 6.54 Å². The summed E-state index contributed by atoms with van der Waals surface area (Å²) in [5.41, 5.74) is -3.35. The van der Waals surface area contributed by atoms with E-state index in [9.17, 15) is 19.5 Å². The number of halogens is 1. The molecule has 1 saturated heterocycles. The molecular formula is C22H35FN2O5.